The van der Waals surface area contributed by atoms with E-state index in [0.29, 0.717) is 5.36 Å². The van der Waals surface area contributed by atoms with Crippen LogP contribution in [0, 0.1) is 5.41 Å². The number of aromatic nitrogens is 1. The van der Waals surface area contributed by atoms with Crippen LogP contribution in [0.3, 0.4) is 0 Å². The van der Waals surface area contributed by atoms with Gasteiger partial charge in [0.2, 0.25) is 0 Å². The molecule has 2 rings (SSSR count). The lowest BCUT2D eigenvalue weighted by molar-refractivity contribution is 0.810. The molecule has 2 aromatic rings. The summed E-state index contributed by atoms with van der Waals surface area (Å²) in [6.45, 7) is 0.829. The maximum Gasteiger partial charge on any atom is 0.0568 e. The predicted molar refractivity (Wildman–Crippen MR) is 76.1 cm³/mol. The van der Waals surface area contributed by atoms with E-state index in [4.69, 9.17) is 5.41 Å². The van der Waals surface area contributed by atoms with E-state index < -0.39 is 0 Å². The van der Waals surface area contributed by atoms with Crippen molar-refractivity contribution in [1.29, 1.82) is 5.41 Å². The number of benzene rings is 1. The Bertz CT molecular complexity index is 509. The second-order valence-corrected chi connectivity index (χ2v) is 3.60. The fraction of sp³-hybridized carbons (Fsp3) is 0.0714. The second-order valence-electron chi connectivity index (χ2n) is 3.60. The largest absolute Gasteiger partial charge is 0.350 e. The molecule has 0 aliphatic rings. The van der Waals surface area contributed by atoms with Crippen LogP contribution in [0.15, 0.2) is 60.9 Å². The van der Waals surface area contributed by atoms with E-state index in [-0.39, 0.29) is 17.0 Å². The van der Waals surface area contributed by atoms with Gasteiger partial charge in [0.15, 0.2) is 0 Å². The molecule has 88 valence electrons. The van der Waals surface area contributed by atoms with Gasteiger partial charge in [-0.15, -0.1) is 17.0 Å². The molecule has 2 nitrogen and oxygen atoms in total. The van der Waals surface area contributed by atoms with Gasteiger partial charge in [-0.05, 0) is 17.7 Å². The van der Waals surface area contributed by atoms with Gasteiger partial charge in [0.05, 0.1) is 5.36 Å². The Kier molecular flexibility index (Phi) is 5.43. The Hall–Kier alpha value is -1.61. The quantitative estimate of drug-likeness (QED) is 0.899. The lowest BCUT2D eigenvalue weighted by atomic mass is 10.2. The summed E-state index contributed by atoms with van der Waals surface area (Å²) in [6.07, 6.45) is 8.04. The minimum absolute atomic E-state index is 0. The van der Waals surface area contributed by atoms with Crippen LogP contribution in [0.1, 0.15) is 5.56 Å². The molecule has 0 saturated carbocycles. The summed E-state index contributed by atoms with van der Waals surface area (Å²) >= 11 is 0. The number of allylic oxidation sites excluding steroid dienone is 1. The van der Waals surface area contributed by atoms with Crippen LogP contribution >= 0.6 is 17.0 Å². The van der Waals surface area contributed by atoms with E-state index in [1.165, 1.54) is 5.56 Å². The van der Waals surface area contributed by atoms with Gasteiger partial charge in [-0.2, -0.15) is 0 Å². The Balaban J connectivity index is 0.00000144. The van der Waals surface area contributed by atoms with Gasteiger partial charge in [0.25, 0.3) is 0 Å². The number of pyridine rings is 1. The van der Waals surface area contributed by atoms with Gasteiger partial charge in [-0.25, -0.2) is 0 Å². The van der Waals surface area contributed by atoms with Crippen molar-refractivity contribution in [2.45, 2.75) is 6.54 Å². The Morgan fingerprint density at radius 2 is 1.65 bits per heavy atom. The molecule has 0 aliphatic heterocycles. The summed E-state index contributed by atoms with van der Waals surface area (Å²) in [5.74, 6) is 0. The summed E-state index contributed by atoms with van der Waals surface area (Å²) in [6, 6.07) is 13.8. The Morgan fingerprint density at radius 3 is 2.29 bits per heavy atom. The third kappa shape index (κ3) is 4.41. The lowest BCUT2D eigenvalue weighted by Crippen LogP contribution is -2.02. The van der Waals surface area contributed by atoms with Crippen LogP contribution < -0.4 is 5.36 Å². The van der Waals surface area contributed by atoms with Crippen molar-refractivity contribution in [1.82, 2.24) is 4.57 Å². The number of rotatable bonds is 3. The molecule has 1 aromatic carbocycles. The van der Waals surface area contributed by atoms with E-state index in [1.807, 2.05) is 35.2 Å². The summed E-state index contributed by atoms with van der Waals surface area (Å²) in [4.78, 5) is 0. The summed E-state index contributed by atoms with van der Waals surface area (Å²) in [5, 5.41) is 7.92. The van der Waals surface area contributed by atoms with Gasteiger partial charge in [-0.1, -0.05) is 42.5 Å². The molecule has 1 aromatic heterocycles. The van der Waals surface area contributed by atoms with Gasteiger partial charge < -0.3 is 9.98 Å². The Labute approximate surface area is 112 Å². The third-order valence-electron chi connectivity index (χ3n) is 2.32. The molecule has 0 amide bonds. The Morgan fingerprint density at radius 1 is 1.00 bits per heavy atom. The highest BCUT2D eigenvalue weighted by Gasteiger charge is 1.85. The standard InChI is InChI=1S/C14H14N2.BrH/c15-14-8-11-16(12-9-14)10-4-7-13-5-2-1-3-6-13;/h1-9,11-12,15H,10H2;1H/b7-4+;. The molecule has 1 heterocycles. The summed E-state index contributed by atoms with van der Waals surface area (Å²) in [5.41, 5.74) is 1.21. The number of hydrogen-bond acceptors (Lipinski definition) is 1. The van der Waals surface area contributed by atoms with E-state index in [1.54, 1.807) is 12.1 Å². The highest BCUT2D eigenvalue weighted by molar-refractivity contribution is 8.93. The van der Waals surface area contributed by atoms with Crippen molar-refractivity contribution in [3.8, 4) is 0 Å². The van der Waals surface area contributed by atoms with E-state index in [0.717, 1.165) is 6.54 Å². The summed E-state index contributed by atoms with van der Waals surface area (Å²) < 4.78 is 2.04. The highest BCUT2D eigenvalue weighted by atomic mass is 79.9. The van der Waals surface area contributed by atoms with Crippen molar-refractivity contribution in [3.05, 3.63) is 71.9 Å². The van der Waals surface area contributed by atoms with E-state index >= 15 is 0 Å². The molecular weight excluding hydrogens is 276 g/mol. The minimum Gasteiger partial charge on any atom is -0.350 e. The van der Waals surface area contributed by atoms with Crippen LogP contribution in [-0.4, -0.2) is 4.57 Å². The number of halogens is 1. The van der Waals surface area contributed by atoms with Crippen LogP contribution in [0.25, 0.3) is 6.08 Å². The molecule has 0 radical (unpaired) electrons. The first-order valence-corrected chi connectivity index (χ1v) is 5.27. The zero-order valence-corrected chi connectivity index (χ0v) is 11.1. The van der Waals surface area contributed by atoms with E-state index in [9.17, 15) is 0 Å². The molecule has 0 fully saturated rings. The molecule has 0 bridgehead atoms. The third-order valence-corrected chi connectivity index (χ3v) is 2.32. The van der Waals surface area contributed by atoms with Crippen LogP contribution in [0.2, 0.25) is 0 Å². The lowest BCUT2D eigenvalue weighted by Gasteiger charge is -2.00. The van der Waals surface area contributed by atoms with Crippen molar-refractivity contribution in [2.75, 3.05) is 0 Å². The topological polar surface area (TPSA) is 28.8 Å². The van der Waals surface area contributed by atoms with Crippen LogP contribution in [0.5, 0.6) is 0 Å². The maximum atomic E-state index is 7.37. The number of hydrogen-bond donors (Lipinski definition) is 1. The average molecular weight is 291 g/mol. The molecule has 0 aliphatic carbocycles. The first kappa shape index (κ1) is 13.5. The number of nitrogens with one attached hydrogen (secondary N) is 1. The predicted octanol–water partition coefficient (Wildman–Crippen LogP) is 3.26. The average Bonchev–Trinajstić information content (AvgIpc) is 2.33. The molecule has 0 unspecified atom stereocenters. The molecule has 0 atom stereocenters. The fourth-order valence-electron chi connectivity index (χ4n) is 1.45. The van der Waals surface area contributed by atoms with Crippen LogP contribution in [0.4, 0.5) is 0 Å². The summed E-state index contributed by atoms with van der Waals surface area (Å²) in [7, 11) is 0. The van der Waals surface area contributed by atoms with Gasteiger partial charge in [-0.3, -0.25) is 0 Å². The fourth-order valence-corrected chi connectivity index (χ4v) is 1.45. The molecular formula is C14H15BrN2. The van der Waals surface area contributed by atoms with E-state index in [2.05, 4.69) is 24.3 Å². The maximum absolute atomic E-state index is 7.37. The molecule has 3 heteroatoms. The first-order chi connectivity index (χ1) is 7.84. The van der Waals surface area contributed by atoms with Crippen molar-refractivity contribution in [2.24, 2.45) is 0 Å². The van der Waals surface area contributed by atoms with Gasteiger partial charge >= 0.3 is 0 Å². The first-order valence-electron chi connectivity index (χ1n) is 5.27. The molecule has 0 spiro atoms. The van der Waals surface area contributed by atoms with Crippen molar-refractivity contribution >= 4 is 23.1 Å². The van der Waals surface area contributed by atoms with Gasteiger partial charge in [0.1, 0.15) is 0 Å². The van der Waals surface area contributed by atoms with Crippen molar-refractivity contribution in [3.63, 3.8) is 0 Å². The zero-order valence-electron chi connectivity index (χ0n) is 9.41. The normalized spacial score (nSPS) is 10.1. The molecule has 0 saturated heterocycles. The highest BCUT2D eigenvalue weighted by Crippen LogP contribution is 2.01. The van der Waals surface area contributed by atoms with Crippen LogP contribution in [-0.2, 0) is 6.54 Å². The smallest absolute Gasteiger partial charge is 0.0568 e. The SMILES string of the molecule is Br.N=c1ccn(C/C=C/c2ccccc2)cc1. The minimum atomic E-state index is 0. The van der Waals surface area contributed by atoms with Crippen molar-refractivity contribution < 1.29 is 0 Å². The van der Waals surface area contributed by atoms with Gasteiger partial charge in [0, 0.05) is 18.9 Å². The number of nitrogens with zero attached hydrogens (tertiary/aromatic N) is 1. The molecule has 1 N–H and O–H groups in total. The molecule has 17 heavy (non-hydrogen) atoms. The zero-order chi connectivity index (χ0) is 11.2. The second kappa shape index (κ2) is 6.86. The monoisotopic (exact) mass is 290 g/mol.